The minimum Gasteiger partial charge on any atom is -0.494 e. The molecule has 27 nitrogen and oxygen atoms in total. The van der Waals surface area contributed by atoms with E-state index in [4.69, 9.17) is 53.1 Å². The minimum atomic E-state index is -0.552. The molecule has 8 aromatic heterocycles. The highest BCUT2D eigenvalue weighted by molar-refractivity contribution is 5.94. The SMILES string of the molecule is C=CC(=O)N1CC[C@@H](c2nc(-c3ccc(Oc4cccc(CC)c4F)cc3)c3cncc(C)n23)C1.C=CC(=O)N1CC[C@@H](c2nc(-c3ccc(Oc4cccc(OC)c4F)cc3)c3c(C)ncc(C)n23)C1.CC#CC(=O)N1CCC[C@@H](c2nc(-c3ccc(Oc4cccc(OC)c4F)cc3)c3cncc(C)n23)C1.CC#CC(=O)N1CC[C@@H](c2nc(-c3ccc(Oc4cccc(OC)c4F)cc3)c3cncc(C)n23)C1. The Morgan fingerprint density at radius 1 is 0.375 bits per heavy atom. The topological polar surface area (TPSA) is 267 Å². The molecule has 732 valence electrons. The van der Waals surface area contributed by atoms with E-state index in [1.165, 1.54) is 33.5 Å². The second-order valence-electron chi connectivity index (χ2n) is 35.2. The number of carbonyl (C=O) groups excluding carboxylic acids is 4. The number of aryl methyl sites for hydroxylation is 6. The van der Waals surface area contributed by atoms with Crippen LogP contribution in [0.2, 0.25) is 0 Å². The molecule has 4 aliphatic rings. The number of amides is 4. The van der Waals surface area contributed by atoms with Crippen LogP contribution < -0.4 is 33.2 Å². The predicted octanol–water partition coefficient (Wildman–Crippen LogP) is 21.5. The van der Waals surface area contributed by atoms with E-state index in [2.05, 4.69) is 74.4 Å². The Hall–Kier alpha value is -17.0. The van der Waals surface area contributed by atoms with Crippen molar-refractivity contribution in [3.8, 4) is 132 Å². The number of benzene rings is 8. The molecule has 0 aliphatic carbocycles. The van der Waals surface area contributed by atoms with Gasteiger partial charge >= 0.3 is 0 Å². The monoisotopic (exact) mass is 1940 g/mol. The van der Waals surface area contributed by atoms with Crippen LogP contribution in [0.3, 0.4) is 0 Å². The highest BCUT2D eigenvalue weighted by Gasteiger charge is 2.37. The van der Waals surface area contributed by atoms with E-state index in [0.717, 1.165) is 151 Å². The third kappa shape index (κ3) is 20.7. The summed E-state index contributed by atoms with van der Waals surface area (Å²) in [6, 6.07) is 49.1. The number of methoxy groups -OCH3 is 3. The third-order valence-corrected chi connectivity index (χ3v) is 26.0. The molecule has 31 heteroatoms. The summed E-state index contributed by atoms with van der Waals surface area (Å²) in [5, 5.41) is 0. The lowest BCUT2D eigenvalue weighted by Crippen LogP contribution is -2.39. The highest BCUT2D eigenvalue weighted by atomic mass is 19.1. The zero-order valence-electron chi connectivity index (χ0n) is 81.6. The number of imidazole rings is 4. The average molecular weight is 1940 g/mol. The molecular formula is C113H106F4N16O11. The van der Waals surface area contributed by atoms with E-state index >= 15 is 0 Å². The van der Waals surface area contributed by atoms with Gasteiger partial charge in [-0.05, 0) is 256 Å². The first-order chi connectivity index (χ1) is 69.9. The zero-order chi connectivity index (χ0) is 101. The molecule has 0 spiro atoms. The van der Waals surface area contributed by atoms with Gasteiger partial charge in [-0.3, -0.25) is 56.7 Å². The number of aromatic nitrogens is 12. The van der Waals surface area contributed by atoms with Gasteiger partial charge in [0.15, 0.2) is 46.1 Å². The van der Waals surface area contributed by atoms with Gasteiger partial charge in [0.25, 0.3) is 11.8 Å². The second kappa shape index (κ2) is 43.8. The van der Waals surface area contributed by atoms with Gasteiger partial charge in [-0.25, -0.2) is 24.3 Å². The van der Waals surface area contributed by atoms with Crippen molar-refractivity contribution in [2.75, 3.05) is 73.7 Å². The number of piperidine rings is 1. The van der Waals surface area contributed by atoms with E-state index in [9.17, 15) is 36.7 Å². The number of rotatable bonds is 22. The van der Waals surface area contributed by atoms with Crippen molar-refractivity contribution in [1.82, 2.24) is 77.1 Å². The summed E-state index contributed by atoms with van der Waals surface area (Å²) in [6.07, 6.45) is 20.4. The smallest absolute Gasteiger partial charge is 0.298 e. The van der Waals surface area contributed by atoms with E-state index in [1.54, 1.807) is 134 Å². The molecule has 0 N–H and O–H groups in total. The Kier molecular flexibility index (Phi) is 30.0. The first kappa shape index (κ1) is 98.6. The summed E-state index contributed by atoms with van der Waals surface area (Å²) in [5.74, 6) is 15.2. The summed E-state index contributed by atoms with van der Waals surface area (Å²) in [6.45, 7) is 27.5. The summed E-state index contributed by atoms with van der Waals surface area (Å²) in [4.78, 5) is 94.1. The lowest BCUT2D eigenvalue weighted by molar-refractivity contribution is -0.126. The highest BCUT2D eigenvalue weighted by Crippen LogP contribution is 2.43. The molecule has 4 fully saturated rings. The predicted molar refractivity (Wildman–Crippen MR) is 540 cm³/mol. The summed E-state index contributed by atoms with van der Waals surface area (Å²) in [5.41, 5.74) is 15.8. The maximum Gasteiger partial charge on any atom is 0.298 e. The Labute approximate surface area is 830 Å². The Morgan fingerprint density at radius 3 is 1.03 bits per heavy atom. The second-order valence-corrected chi connectivity index (χ2v) is 35.2. The quantitative estimate of drug-likeness (QED) is 0.0346. The van der Waals surface area contributed by atoms with Crippen LogP contribution in [0.4, 0.5) is 17.6 Å². The van der Waals surface area contributed by atoms with Crippen LogP contribution in [-0.4, -0.2) is 174 Å². The molecule has 16 aromatic rings. The molecule has 0 unspecified atom stereocenters. The first-order valence-electron chi connectivity index (χ1n) is 47.4. The van der Waals surface area contributed by atoms with Crippen molar-refractivity contribution in [2.24, 2.45) is 0 Å². The fourth-order valence-corrected chi connectivity index (χ4v) is 18.8. The maximum absolute atomic E-state index is 14.6. The normalized spacial score (nSPS) is 15.3. The van der Waals surface area contributed by atoms with Crippen LogP contribution in [0.1, 0.15) is 134 Å². The van der Waals surface area contributed by atoms with Crippen LogP contribution in [0.25, 0.3) is 67.1 Å². The molecule has 0 saturated carbocycles. The van der Waals surface area contributed by atoms with Gasteiger partial charge < -0.3 is 52.8 Å². The zero-order valence-corrected chi connectivity index (χ0v) is 81.6. The molecule has 4 atom stereocenters. The molecule has 12 heterocycles. The number of likely N-dealkylation sites (tertiary alicyclic amines) is 4. The Morgan fingerprint density at radius 2 is 0.681 bits per heavy atom. The maximum atomic E-state index is 14.6. The number of hydrogen-bond donors (Lipinski definition) is 0. The van der Waals surface area contributed by atoms with Gasteiger partial charge in [-0.15, -0.1) is 0 Å². The van der Waals surface area contributed by atoms with Crippen molar-refractivity contribution in [1.29, 1.82) is 0 Å². The number of nitrogens with zero attached hydrogens (tertiary/aromatic N) is 16. The van der Waals surface area contributed by atoms with E-state index in [-0.39, 0.29) is 93.4 Å². The van der Waals surface area contributed by atoms with E-state index < -0.39 is 17.5 Å². The van der Waals surface area contributed by atoms with E-state index in [0.29, 0.717) is 87.3 Å². The minimum absolute atomic E-state index is 0.0523. The molecule has 8 aromatic carbocycles. The van der Waals surface area contributed by atoms with Gasteiger partial charge in [0.05, 0.1) is 90.5 Å². The average Bonchev–Trinajstić information content (AvgIpc) is 1.58. The lowest BCUT2D eigenvalue weighted by atomic mass is 9.97. The third-order valence-electron chi connectivity index (χ3n) is 26.0. The largest absolute Gasteiger partial charge is 0.494 e. The van der Waals surface area contributed by atoms with Crippen molar-refractivity contribution in [3.63, 3.8) is 0 Å². The van der Waals surface area contributed by atoms with Gasteiger partial charge in [0.2, 0.25) is 29.3 Å². The number of ether oxygens (including phenoxy) is 7. The van der Waals surface area contributed by atoms with E-state index in [1.807, 2.05) is 154 Å². The lowest BCUT2D eigenvalue weighted by Gasteiger charge is -2.31. The van der Waals surface area contributed by atoms with Crippen molar-refractivity contribution in [3.05, 3.63) is 319 Å². The number of fused-ring (bicyclic) bond motifs is 4. The molecule has 4 aliphatic heterocycles. The van der Waals surface area contributed by atoms with Gasteiger partial charge in [0, 0.05) is 146 Å². The molecule has 4 amide bonds. The molecule has 0 radical (unpaired) electrons. The molecular weight excluding hydrogens is 1830 g/mol. The van der Waals surface area contributed by atoms with Crippen LogP contribution in [0.5, 0.6) is 63.2 Å². The summed E-state index contributed by atoms with van der Waals surface area (Å²) < 4.78 is 105. The van der Waals surface area contributed by atoms with Crippen molar-refractivity contribution in [2.45, 2.75) is 118 Å². The van der Waals surface area contributed by atoms with Gasteiger partial charge in [-0.1, -0.05) is 62.3 Å². The summed E-state index contributed by atoms with van der Waals surface area (Å²) >= 11 is 0. The van der Waals surface area contributed by atoms with Crippen LogP contribution in [0.15, 0.2) is 239 Å². The van der Waals surface area contributed by atoms with Gasteiger partial charge in [-0.2, -0.15) is 13.2 Å². The number of carbonyl (C=O) groups is 4. The summed E-state index contributed by atoms with van der Waals surface area (Å²) in [7, 11) is 4.25. The molecule has 0 bridgehead atoms. The van der Waals surface area contributed by atoms with Crippen molar-refractivity contribution >= 4 is 45.7 Å². The van der Waals surface area contributed by atoms with Gasteiger partial charge in [0.1, 0.15) is 46.3 Å². The Bertz CT molecular complexity index is 7690. The Balaban J connectivity index is 0.000000132. The number of halogens is 4. The van der Waals surface area contributed by atoms with Crippen molar-refractivity contribution < 1.29 is 69.9 Å². The van der Waals surface area contributed by atoms with Crippen LogP contribution >= 0.6 is 0 Å². The molecule has 144 heavy (non-hydrogen) atoms. The standard InChI is InChI=1S/C29H27FN4O3.C28H27FN4O3.C28H25FN4O3.C28H27FN4O2/c1-4-7-26(35)33-15-6-8-21(18-33)29-32-28(23-17-31-16-19(2)34(23)29)20-11-13-22(14-12-20)37-25-10-5-9-24(36-3)27(25)30;1-5-24(34)32-14-13-20(16-32)28-31-26(27-18(3)30-15-17(2)33(27)28)19-9-11-21(12-10-19)36-23-8-6-7-22(35-4)25(23)29;1-4-6-25(34)32-14-13-20(17-32)28-31-27(22-16-30-15-18(2)33(22)28)19-9-11-21(12-10-19)36-24-8-5-7-23(35-3)26(24)29;1-4-19-7-6-8-24(26(19)29)35-22-11-9-20(10-12-22)27-23-16-30-15-18(3)33(23)28(31-27)21-13-14-32(17-21)25(34)5-2/h5,9-14,16-17,21H,6,8,15,18H2,1-3H3;5-12,15,20H,1,13-14,16H2,2-4H3;5,7-12,15-16,20H,13-14,17H2,1-3H3;5-12,15-16,21H,2,4,13-14,17H2,1,3H3/t21-;2*20-;21-/m1111/s1. The fourth-order valence-electron chi connectivity index (χ4n) is 18.8. The number of hydrogen-bond acceptors (Lipinski definition) is 19. The van der Waals surface area contributed by atoms with Crippen LogP contribution in [0, 0.1) is 81.6 Å². The molecule has 4 saturated heterocycles. The first-order valence-corrected chi connectivity index (χ1v) is 47.4. The fraction of sp³-hybridized carbons (Fsp3) is 0.257. The van der Waals surface area contributed by atoms with Crippen LogP contribution in [-0.2, 0) is 25.6 Å². The molecule has 20 rings (SSSR count).